The first kappa shape index (κ1) is 14.9. The molecule has 0 N–H and O–H groups in total. The van der Waals surface area contributed by atoms with Crippen LogP contribution in [0.1, 0.15) is 23.2 Å². The summed E-state index contributed by atoms with van der Waals surface area (Å²) in [6, 6.07) is 4.78. The quantitative estimate of drug-likeness (QED) is 0.757. The minimum absolute atomic E-state index is 0.214. The molecule has 5 heteroatoms. The van der Waals surface area contributed by atoms with Crippen LogP contribution in [0.25, 0.3) is 0 Å². The van der Waals surface area contributed by atoms with Crippen LogP contribution in [-0.4, -0.2) is 10.8 Å². The third-order valence-electron chi connectivity index (χ3n) is 3.35. The number of carbonyl (C=O) groups excluding carboxylic acids is 1. The van der Waals surface area contributed by atoms with Crippen molar-refractivity contribution >= 4 is 29.1 Å². The molecule has 2 aliphatic rings. The Labute approximate surface area is 138 Å². The summed E-state index contributed by atoms with van der Waals surface area (Å²) < 4.78 is 5.51. The van der Waals surface area contributed by atoms with Crippen LogP contribution in [0.2, 0.25) is 10.0 Å². The number of rotatable bonds is 2. The predicted octanol–water partition coefficient (Wildman–Crippen LogP) is 5.05. The molecule has 1 aromatic carbocycles. The molecule has 1 amide bonds. The summed E-state index contributed by atoms with van der Waals surface area (Å²) >= 11 is 11.9. The number of hydrogen-bond acceptors (Lipinski definition) is 2. The van der Waals surface area contributed by atoms with Crippen LogP contribution in [-0.2, 0) is 4.74 Å². The fourth-order valence-corrected chi connectivity index (χ4v) is 2.81. The van der Waals surface area contributed by atoms with E-state index in [0.29, 0.717) is 21.4 Å². The molecule has 0 atom stereocenters. The molecule has 1 aliphatic heterocycles. The Balaban J connectivity index is 1.87. The van der Waals surface area contributed by atoms with Gasteiger partial charge in [-0.3, -0.25) is 9.69 Å². The van der Waals surface area contributed by atoms with Gasteiger partial charge < -0.3 is 4.74 Å². The number of benzene rings is 1. The number of halogens is 2. The fraction of sp³-hybridized carbons (Fsp3) is 0.118. The number of carbonyl (C=O) groups is 1. The van der Waals surface area contributed by atoms with Gasteiger partial charge >= 0.3 is 0 Å². The van der Waals surface area contributed by atoms with Gasteiger partial charge in [0.1, 0.15) is 12.0 Å². The molecule has 0 bridgehead atoms. The zero-order valence-corrected chi connectivity index (χ0v) is 13.1. The Hall–Kier alpha value is -1.97. The first-order valence-electron chi connectivity index (χ1n) is 6.83. The summed E-state index contributed by atoms with van der Waals surface area (Å²) in [6.07, 6.45) is 12.7. The van der Waals surface area contributed by atoms with E-state index in [4.69, 9.17) is 27.9 Å². The first-order chi connectivity index (χ1) is 10.6. The van der Waals surface area contributed by atoms with Crippen molar-refractivity contribution in [3.05, 3.63) is 82.0 Å². The van der Waals surface area contributed by atoms with Gasteiger partial charge in [0.25, 0.3) is 5.91 Å². The van der Waals surface area contributed by atoms with Crippen LogP contribution in [0.15, 0.2) is 66.4 Å². The fourth-order valence-electron chi connectivity index (χ4n) is 2.29. The Morgan fingerprint density at radius 2 is 1.95 bits per heavy atom. The number of amides is 1. The second-order valence-electron chi connectivity index (χ2n) is 4.93. The van der Waals surface area contributed by atoms with Crippen LogP contribution in [0.4, 0.5) is 0 Å². The second kappa shape index (κ2) is 6.42. The van der Waals surface area contributed by atoms with Crippen molar-refractivity contribution in [2.45, 2.75) is 12.8 Å². The average molecular weight is 334 g/mol. The molecule has 0 aromatic heterocycles. The third-order valence-corrected chi connectivity index (χ3v) is 3.78. The summed E-state index contributed by atoms with van der Waals surface area (Å²) in [7, 11) is 0. The monoisotopic (exact) mass is 333 g/mol. The molecule has 0 saturated carbocycles. The summed E-state index contributed by atoms with van der Waals surface area (Å²) in [5, 5.41) is 0.856. The molecule has 3 rings (SSSR count). The number of nitrogens with zero attached hydrogens (tertiary/aromatic N) is 1. The minimum Gasteiger partial charge on any atom is -0.462 e. The molecular weight excluding hydrogens is 321 g/mol. The summed E-state index contributed by atoms with van der Waals surface area (Å²) in [4.78, 5) is 14.0. The standard InChI is InChI=1S/C17H13Cl2NO2/c18-14-8-13(9-15(19)10-14)17(21)20-6-7-22-16(11-20)12-4-2-1-3-5-12/h1-2,4,6-11H,3,5H2. The van der Waals surface area contributed by atoms with Crippen molar-refractivity contribution in [2.24, 2.45) is 0 Å². The largest absolute Gasteiger partial charge is 0.462 e. The van der Waals surface area contributed by atoms with Crippen LogP contribution >= 0.6 is 23.2 Å². The predicted molar refractivity (Wildman–Crippen MR) is 87.4 cm³/mol. The van der Waals surface area contributed by atoms with Gasteiger partial charge in [0.2, 0.25) is 0 Å². The van der Waals surface area contributed by atoms with Gasteiger partial charge in [-0.25, -0.2) is 0 Å². The van der Waals surface area contributed by atoms with Gasteiger partial charge in [-0.2, -0.15) is 0 Å². The molecule has 1 aliphatic carbocycles. The maximum absolute atomic E-state index is 12.6. The highest BCUT2D eigenvalue weighted by Gasteiger charge is 2.19. The maximum Gasteiger partial charge on any atom is 0.262 e. The van der Waals surface area contributed by atoms with Crippen LogP contribution in [0.3, 0.4) is 0 Å². The molecule has 0 fully saturated rings. The molecule has 0 unspecified atom stereocenters. The van der Waals surface area contributed by atoms with E-state index in [9.17, 15) is 4.79 Å². The van der Waals surface area contributed by atoms with E-state index >= 15 is 0 Å². The Bertz CT molecular complexity index is 712. The summed E-state index contributed by atoms with van der Waals surface area (Å²) in [6.45, 7) is 0. The van der Waals surface area contributed by atoms with E-state index in [-0.39, 0.29) is 5.91 Å². The van der Waals surface area contributed by atoms with Crippen molar-refractivity contribution in [1.29, 1.82) is 0 Å². The lowest BCUT2D eigenvalue weighted by Gasteiger charge is -2.22. The maximum atomic E-state index is 12.6. The molecule has 0 radical (unpaired) electrons. The van der Waals surface area contributed by atoms with Gasteiger partial charge in [0.05, 0.1) is 6.20 Å². The number of ether oxygens (including phenoxy) is 1. The van der Waals surface area contributed by atoms with E-state index in [1.54, 1.807) is 30.6 Å². The van der Waals surface area contributed by atoms with Gasteiger partial charge in [-0.15, -0.1) is 0 Å². The highest BCUT2D eigenvalue weighted by molar-refractivity contribution is 6.35. The molecule has 112 valence electrons. The zero-order valence-electron chi connectivity index (χ0n) is 11.6. The van der Waals surface area contributed by atoms with Crippen LogP contribution < -0.4 is 0 Å². The Morgan fingerprint density at radius 3 is 2.64 bits per heavy atom. The molecular formula is C17H13Cl2NO2. The van der Waals surface area contributed by atoms with Crippen LogP contribution in [0.5, 0.6) is 0 Å². The lowest BCUT2D eigenvalue weighted by molar-refractivity contribution is 0.0855. The minimum atomic E-state index is -0.214. The van der Waals surface area contributed by atoms with Crippen molar-refractivity contribution in [2.75, 3.05) is 0 Å². The molecule has 22 heavy (non-hydrogen) atoms. The van der Waals surface area contributed by atoms with Crippen LogP contribution in [0, 0.1) is 0 Å². The summed E-state index contributed by atoms with van der Waals surface area (Å²) in [5.41, 5.74) is 1.49. The third kappa shape index (κ3) is 3.26. The van der Waals surface area contributed by atoms with Gasteiger partial charge in [0.15, 0.2) is 0 Å². The topological polar surface area (TPSA) is 29.5 Å². The van der Waals surface area contributed by atoms with E-state index in [0.717, 1.165) is 18.4 Å². The van der Waals surface area contributed by atoms with Gasteiger partial charge in [-0.05, 0) is 36.6 Å². The normalized spacial score (nSPS) is 16.9. The Kier molecular flexibility index (Phi) is 4.36. The lowest BCUT2D eigenvalue weighted by Crippen LogP contribution is -2.23. The molecule has 1 aromatic rings. The second-order valence-corrected chi connectivity index (χ2v) is 5.80. The summed E-state index contributed by atoms with van der Waals surface area (Å²) in [5.74, 6) is 0.460. The SMILES string of the molecule is O=C(c1cc(Cl)cc(Cl)c1)N1C=COC(C2=CC=CCC2)=C1. The van der Waals surface area contributed by atoms with E-state index in [2.05, 4.69) is 6.08 Å². The van der Waals surface area contributed by atoms with E-state index < -0.39 is 0 Å². The lowest BCUT2D eigenvalue weighted by atomic mass is 10.0. The molecule has 0 spiro atoms. The molecule has 0 saturated heterocycles. The highest BCUT2D eigenvalue weighted by atomic mass is 35.5. The molecule has 1 heterocycles. The highest BCUT2D eigenvalue weighted by Crippen LogP contribution is 2.26. The van der Waals surface area contributed by atoms with E-state index in [1.807, 2.05) is 12.2 Å². The smallest absolute Gasteiger partial charge is 0.262 e. The van der Waals surface area contributed by atoms with Gasteiger partial charge in [-0.1, -0.05) is 41.4 Å². The van der Waals surface area contributed by atoms with Crippen molar-refractivity contribution in [3.63, 3.8) is 0 Å². The number of allylic oxidation sites excluding steroid dienone is 4. The van der Waals surface area contributed by atoms with Crippen molar-refractivity contribution in [3.8, 4) is 0 Å². The van der Waals surface area contributed by atoms with Gasteiger partial charge in [0, 0.05) is 21.8 Å². The van der Waals surface area contributed by atoms with Crippen molar-refractivity contribution < 1.29 is 9.53 Å². The zero-order chi connectivity index (χ0) is 15.5. The Morgan fingerprint density at radius 1 is 1.18 bits per heavy atom. The molecule has 3 nitrogen and oxygen atoms in total. The van der Waals surface area contributed by atoms with E-state index in [1.165, 1.54) is 11.2 Å². The van der Waals surface area contributed by atoms with Crippen molar-refractivity contribution in [1.82, 2.24) is 4.90 Å². The number of hydrogen-bond donors (Lipinski definition) is 0. The average Bonchev–Trinajstić information content (AvgIpc) is 2.54. The first-order valence-corrected chi connectivity index (χ1v) is 7.59.